The van der Waals surface area contributed by atoms with Crippen LogP contribution in [0, 0.1) is 13.8 Å². The average molecular weight is 396 g/mol. The van der Waals surface area contributed by atoms with E-state index >= 15 is 0 Å². The largest absolute Gasteiger partial charge is 0.478 e. The van der Waals surface area contributed by atoms with Gasteiger partial charge in [-0.05, 0) is 49.2 Å². The van der Waals surface area contributed by atoms with Gasteiger partial charge in [-0.15, -0.1) is 0 Å². The number of carboxylic acid groups (broad SMARTS) is 1. The molecule has 6 nitrogen and oxygen atoms in total. The zero-order valence-corrected chi connectivity index (χ0v) is 16.1. The van der Waals surface area contributed by atoms with E-state index in [2.05, 4.69) is 10.4 Å². The van der Waals surface area contributed by atoms with E-state index in [1.807, 2.05) is 32.0 Å². The lowest BCUT2D eigenvalue weighted by molar-refractivity contribution is -0.116. The second kappa shape index (κ2) is 6.80. The Bertz CT molecular complexity index is 1100. The van der Waals surface area contributed by atoms with E-state index in [1.54, 1.807) is 28.9 Å². The smallest absolute Gasteiger partial charge is 0.335 e. The van der Waals surface area contributed by atoms with Gasteiger partial charge >= 0.3 is 5.97 Å². The van der Waals surface area contributed by atoms with Crippen LogP contribution in [0.2, 0.25) is 5.02 Å². The maximum Gasteiger partial charge on any atom is 0.335 e. The predicted octanol–water partition coefficient (Wildman–Crippen LogP) is 4.31. The maximum absolute atomic E-state index is 12.5. The van der Waals surface area contributed by atoms with Crippen LogP contribution >= 0.6 is 11.6 Å². The van der Waals surface area contributed by atoms with Crippen molar-refractivity contribution in [3.63, 3.8) is 0 Å². The SMILES string of the molecule is Cc1nn(-c2cccc(Cl)c2C)c2c1[C@H](c1ccc(C(=O)O)cc1)CC(=O)N2. The van der Waals surface area contributed by atoms with Crippen molar-refractivity contribution < 1.29 is 14.7 Å². The van der Waals surface area contributed by atoms with Crippen molar-refractivity contribution >= 4 is 29.3 Å². The number of halogens is 1. The summed E-state index contributed by atoms with van der Waals surface area (Å²) < 4.78 is 1.72. The van der Waals surface area contributed by atoms with Crippen LogP contribution in [-0.2, 0) is 4.79 Å². The zero-order valence-electron chi connectivity index (χ0n) is 15.4. The van der Waals surface area contributed by atoms with Crippen molar-refractivity contribution in [2.24, 2.45) is 0 Å². The molecule has 0 spiro atoms. The molecular weight excluding hydrogens is 378 g/mol. The number of nitrogens with one attached hydrogen (secondary N) is 1. The molecule has 0 radical (unpaired) electrons. The second-order valence-electron chi connectivity index (χ2n) is 6.88. The Balaban J connectivity index is 1.85. The molecule has 2 aromatic carbocycles. The normalized spacial score (nSPS) is 15.8. The molecule has 2 heterocycles. The summed E-state index contributed by atoms with van der Waals surface area (Å²) in [6.45, 7) is 3.82. The molecule has 7 heteroatoms. The molecule has 1 aliphatic heterocycles. The Morgan fingerprint density at radius 3 is 2.61 bits per heavy atom. The standard InChI is InChI=1S/C21H18ClN3O3/c1-11-16(22)4-3-5-17(11)25-20-19(12(2)24-25)15(10-18(26)23-20)13-6-8-14(9-7-13)21(27)28/h3-9,15H,10H2,1-2H3,(H,23,26)(H,27,28)/t15-/m0/s1. The number of hydrogen-bond acceptors (Lipinski definition) is 3. The first-order chi connectivity index (χ1) is 13.4. The van der Waals surface area contributed by atoms with Crippen molar-refractivity contribution in [3.05, 3.63) is 75.4 Å². The maximum atomic E-state index is 12.5. The van der Waals surface area contributed by atoms with Gasteiger partial charge in [-0.1, -0.05) is 29.8 Å². The van der Waals surface area contributed by atoms with E-state index < -0.39 is 5.97 Å². The summed E-state index contributed by atoms with van der Waals surface area (Å²) in [6.07, 6.45) is 0.278. The topological polar surface area (TPSA) is 84.2 Å². The highest BCUT2D eigenvalue weighted by Crippen LogP contribution is 2.40. The number of rotatable bonds is 3. The molecule has 0 saturated carbocycles. The first-order valence-electron chi connectivity index (χ1n) is 8.85. The highest BCUT2D eigenvalue weighted by molar-refractivity contribution is 6.31. The van der Waals surface area contributed by atoms with Gasteiger partial charge in [0, 0.05) is 22.9 Å². The number of aromatic carboxylic acids is 1. The number of anilines is 1. The van der Waals surface area contributed by atoms with Crippen molar-refractivity contribution in [1.29, 1.82) is 0 Å². The van der Waals surface area contributed by atoms with Crippen LogP contribution < -0.4 is 5.32 Å². The van der Waals surface area contributed by atoms with Gasteiger partial charge < -0.3 is 10.4 Å². The van der Waals surface area contributed by atoms with E-state index in [1.165, 1.54) is 0 Å². The Morgan fingerprint density at radius 2 is 1.93 bits per heavy atom. The van der Waals surface area contributed by atoms with Crippen LogP contribution in [0.25, 0.3) is 5.69 Å². The Morgan fingerprint density at radius 1 is 1.21 bits per heavy atom. The fourth-order valence-corrected chi connectivity index (χ4v) is 3.86. The third-order valence-electron chi connectivity index (χ3n) is 5.13. The summed E-state index contributed by atoms with van der Waals surface area (Å²) in [5, 5.41) is 17.4. The lowest BCUT2D eigenvalue weighted by Gasteiger charge is -2.24. The fraction of sp³-hybridized carbons (Fsp3) is 0.190. The molecule has 0 aliphatic carbocycles. The van der Waals surface area contributed by atoms with Gasteiger partial charge in [0.15, 0.2) is 0 Å². The van der Waals surface area contributed by atoms with Crippen LogP contribution in [0.5, 0.6) is 0 Å². The van der Waals surface area contributed by atoms with E-state index in [4.69, 9.17) is 16.7 Å². The molecule has 1 aromatic heterocycles. The highest BCUT2D eigenvalue weighted by Gasteiger charge is 2.33. The van der Waals surface area contributed by atoms with Gasteiger partial charge in [-0.3, -0.25) is 4.79 Å². The van der Waals surface area contributed by atoms with E-state index in [-0.39, 0.29) is 23.8 Å². The lowest BCUT2D eigenvalue weighted by Crippen LogP contribution is -2.25. The number of aryl methyl sites for hydroxylation is 1. The zero-order chi connectivity index (χ0) is 20.0. The number of amides is 1. The summed E-state index contributed by atoms with van der Waals surface area (Å²) in [4.78, 5) is 23.6. The number of carboxylic acids is 1. The van der Waals surface area contributed by atoms with Crippen LogP contribution in [0.1, 0.15) is 45.1 Å². The minimum atomic E-state index is -0.978. The molecular formula is C21H18ClN3O3. The third kappa shape index (κ3) is 2.96. The summed E-state index contributed by atoms with van der Waals surface area (Å²) in [7, 11) is 0. The molecule has 3 aromatic rings. The molecule has 1 aliphatic rings. The molecule has 0 unspecified atom stereocenters. The van der Waals surface area contributed by atoms with Crippen LogP contribution in [0.4, 0.5) is 5.82 Å². The van der Waals surface area contributed by atoms with Crippen LogP contribution in [-0.4, -0.2) is 26.8 Å². The molecule has 28 heavy (non-hydrogen) atoms. The monoisotopic (exact) mass is 395 g/mol. The highest BCUT2D eigenvalue weighted by atomic mass is 35.5. The summed E-state index contributed by atoms with van der Waals surface area (Å²) >= 11 is 6.27. The number of carbonyl (C=O) groups is 2. The predicted molar refractivity (Wildman–Crippen MR) is 107 cm³/mol. The second-order valence-corrected chi connectivity index (χ2v) is 7.28. The van der Waals surface area contributed by atoms with Crippen LogP contribution in [0.3, 0.4) is 0 Å². The Kier molecular flexibility index (Phi) is 4.43. The number of carbonyl (C=O) groups excluding carboxylic acids is 1. The van der Waals surface area contributed by atoms with E-state index in [0.29, 0.717) is 10.8 Å². The quantitative estimate of drug-likeness (QED) is 0.691. The number of hydrogen-bond donors (Lipinski definition) is 2. The first kappa shape index (κ1) is 18.3. The first-order valence-corrected chi connectivity index (χ1v) is 9.22. The summed E-state index contributed by atoms with van der Waals surface area (Å²) in [5.41, 5.74) is 4.51. The van der Waals surface area contributed by atoms with Gasteiger partial charge in [-0.25, -0.2) is 9.48 Å². The Labute approximate surface area is 166 Å². The van der Waals surface area contributed by atoms with Crippen molar-refractivity contribution in [3.8, 4) is 5.69 Å². The van der Waals surface area contributed by atoms with Crippen molar-refractivity contribution in [2.75, 3.05) is 5.32 Å². The molecule has 0 fully saturated rings. The minimum absolute atomic E-state index is 0.111. The Hall–Kier alpha value is -3.12. The number of fused-ring (bicyclic) bond motifs is 1. The summed E-state index contributed by atoms with van der Waals surface area (Å²) in [5.74, 6) is -0.652. The molecule has 142 valence electrons. The number of nitrogens with zero attached hydrogens (tertiary/aromatic N) is 2. The van der Waals surface area contributed by atoms with Gasteiger partial charge in [0.2, 0.25) is 5.91 Å². The molecule has 0 bridgehead atoms. The van der Waals surface area contributed by atoms with E-state index in [9.17, 15) is 9.59 Å². The molecule has 4 rings (SSSR count). The van der Waals surface area contributed by atoms with Gasteiger partial charge in [0.05, 0.1) is 16.9 Å². The number of aromatic nitrogens is 2. The van der Waals surface area contributed by atoms with Crippen molar-refractivity contribution in [1.82, 2.24) is 9.78 Å². The van der Waals surface area contributed by atoms with E-state index in [0.717, 1.165) is 28.1 Å². The van der Waals surface area contributed by atoms with Crippen LogP contribution in [0.15, 0.2) is 42.5 Å². The molecule has 1 amide bonds. The molecule has 1 atom stereocenters. The van der Waals surface area contributed by atoms with Gasteiger partial charge in [-0.2, -0.15) is 5.10 Å². The minimum Gasteiger partial charge on any atom is -0.478 e. The fourth-order valence-electron chi connectivity index (χ4n) is 3.69. The molecule has 0 saturated heterocycles. The average Bonchev–Trinajstić information content (AvgIpc) is 2.99. The van der Waals surface area contributed by atoms with Crippen molar-refractivity contribution in [2.45, 2.75) is 26.2 Å². The van der Waals surface area contributed by atoms with Gasteiger partial charge in [0.25, 0.3) is 0 Å². The number of benzene rings is 2. The third-order valence-corrected chi connectivity index (χ3v) is 5.54. The van der Waals surface area contributed by atoms with Gasteiger partial charge in [0.1, 0.15) is 5.82 Å². The molecule has 2 N–H and O–H groups in total. The summed E-state index contributed by atoms with van der Waals surface area (Å²) in [6, 6.07) is 12.2. The lowest BCUT2D eigenvalue weighted by atomic mass is 9.85.